The highest BCUT2D eigenvalue weighted by atomic mass is 14.9. The summed E-state index contributed by atoms with van der Waals surface area (Å²) in [5.74, 6) is 0.826. The number of benzene rings is 1. The van der Waals surface area contributed by atoms with Gasteiger partial charge in [0.15, 0.2) is 0 Å². The quantitative estimate of drug-likeness (QED) is 0.711. The van der Waals surface area contributed by atoms with E-state index in [0.717, 1.165) is 12.5 Å². The lowest BCUT2D eigenvalue weighted by atomic mass is 9.74. The van der Waals surface area contributed by atoms with Crippen molar-refractivity contribution in [2.45, 2.75) is 65.3 Å². The maximum absolute atomic E-state index is 3.72. The summed E-state index contributed by atoms with van der Waals surface area (Å²) in [7, 11) is 0. The van der Waals surface area contributed by atoms with Crippen LogP contribution in [0, 0.1) is 5.92 Å². The first kappa shape index (κ1) is 16.2. The molecule has 1 heteroatoms. The normalized spacial score (nSPS) is 13.8. The Morgan fingerprint density at radius 3 is 2.05 bits per heavy atom. The minimum atomic E-state index is 0.180. The van der Waals surface area contributed by atoms with E-state index >= 15 is 0 Å². The van der Waals surface area contributed by atoms with Gasteiger partial charge in [-0.05, 0) is 24.4 Å². The third kappa shape index (κ3) is 4.35. The lowest BCUT2D eigenvalue weighted by Gasteiger charge is -2.37. The van der Waals surface area contributed by atoms with Crippen LogP contribution in [-0.2, 0) is 5.41 Å². The fraction of sp³-hybridized carbons (Fsp3) is 0.667. The Balaban J connectivity index is 2.90. The predicted molar refractivity (Wildman–Crippen MR) is 85.6 cm³/mol. The van der Waals surface area contributed by atoms with Gasteiger partial charge in [0.1, 0.15) is 0 Å². The van der Waals surface area contributed by atoms with Gasteiger partial charge in [0.05, 0.1) is 0 Å². The fourth-order valence-electron chi connectivity index (χ4n) is 2.90. The van der Waals surface area contributed by atoms with Crippen molar-refractivity contribution >= 4 is 0 Å². The van der Waals surface area contributed by atoms with Gasteiger partial charge in [-0.1, -0.05) is 77.8 Å². The second kappa shape index (κ2) is 7.69. The third-order valence-electron chi connectivity index (χ3n) is 4.56. The third-order valence-corrected chi connectivity index (χ3v) is 4.56. The molecule has 0 aliphatic heterocycles. The second-order valence-corrected chi connectivity index (χ2v) is 6.12. The SMILES string of the molecule is CCNC(CC(CC)CC)C(C)(C)c1ccccc1. The highest BCUT2D eigenvalue weighted by Crippen LogP contribution is 2.31. The number of hydrogen-bond acceptors (Lipinski definition) is 1. The van der Waals surface area contributed by atoms with Crippen molar-refractivity contribution < 1.29 is 0 Å². The van der Waals surface area contributed by atoms with Crippen LogP contribution in [0.15, 0.2) is 30.3 Å². The summed E-state index contributed by atoms with van der Waals surface area (Å²) in [6, 6.07) is 11.5. The average molecular weight is 261 g/mol. The molecule has 0 spiro atoms. The van der Waals surface area contributed by atoms with Crippen molar-refractivity contribution in [3.8, 4) is 0 Å². The molecule has 0 aromatic heterocycles. The number of nitrogens with one attached hydrogen (secondary N) is 1. The number of likely N-dealkylation sites (N-methyl/N-ethyl adjacent to an activating group) is 1. The average Bonchev–Trinajstić information content (AvgIpc) is 2.44. The Kier molecular flexibility index (Phi) is 6.57. The fourth-order valence-corrected chi connectivity index (χ4v) is 2.90. The van der Waals surface area contributed by atoms with Crippen LogP contribution in [0.4, 0.5) is 0 Å². The molecule has 1 aromatic carbocycles. The molecule has 0 bridgehead atoms. The molecule has 108 valence electrons. The van der Waals surface area contributed by atoms with Crippen molar-refractivity contribution in [3.63, 3.8) is 0 Å². The Morgan fingerprint density at radius 2 is 1.58 bits per heavy atom. The van der Waals surface area contributed by atoms with Gasteiger partial charge >= 0.3 is 0 Å². The Bertz CT molecular complexity index is 338. The zero-order chi connectivity index (χ0) is 14.3. The Morgan fingerprint density at radius 1 is 1.00 bits per heavy atom. The van der Waals surface area contributed by atoms with Crippen LogP contribution < -0.4 is 5.32 Å². The van der Waals surface area contributed by atoms with Gasteiger partial charge in [0.2, 0.25) is 0 Å². The van der Waals surface area contributed by atoms with Gasteiger partial charge in [-0.15, -0.1) is 0 Å². The summed E-state index contributed by atoms with van der Waals surface area (Å²) in [6.07, 6.45) is 3.83. The van der Waals surface area contributed by atoms with Gasteiger partial charge in [-0.2, -0.15) is 0 Å². The lowest BCUT2D eigenvalue weighted by molar-refractivity contribution is 0.274. The van der Waals surface area contributed by atoms with Crippen LogP contribution in [-0.4, -0.2) is 12.6 Å². The molecule has 0 radical (unpaired) electrons. The van der Waals surface area contributed by atoms with E-state index in [9.17, 15) is 0 Å². The van der Waals surface area contributed by atoms with E-state index < -0.39 is 0 Å². The van der Waals surface area contributed by atoms with E-state index in [-0.39, 0.29) is 5.41 Å². The van der Waals surface area contributed by atoms with Crippen LogP contribution in [0.1, 0.15) is 59.4 Å². The standard InChI is InChI=1S/C18H31N/c1-6-15(7-2)14-17(19-8-3)18(4,5)16-12-10-9-11-13-16/h9-13,15,17,19H,6-8,14H2,1-5H3. The van der Waals surface area contributed by atoms with Gasteiger partial charge < -0.3 is 5.32 Å². The van der Waals surface area contributed by atoms with Crippen molar-refractivity contribution in [3.05, 3.63) is 35.9 Å². The van der Waals surface area contributed by atoms with Crippen molar-refractivity contribution in [2.75, 3.05) is 6.54 Å². The minimum Gasteiger partial charge on any atom is -0.313 e. The predicted octanol–water partition coefficient (Wildman–Crippen LogP) is 4.77. The first-order chi connectivity index (χ1) is 9.06. The summed E-state index contributed by atoms with van der Waals surface area (Å²) < 4.78 is 0. The zero-order valence-corrected chi connectivity index (χ0v) is 13.4. The first-order valence-electron chi connectivity index (χ1n) is 7.85. The Hall–Kier alpha value is -0.820. The van der Waals surface area contributed by atoms with E-state index in [2.05, 4.69) is 70.3 Å². The van der Waals surface area contributed by atoms with Crippen LogP contribution in [0.2, 0.25) is 0 Å². The van der Waals surface area contributed by atoms with Crippen molar-refractivity contribution in [2.24, 2.45) is 5.92 Å². The topological polar surface area (TPSA) is 12.0 Å². The molecule has 1 unspecified atom stereocenters. The monoisotopic (exact) mass is 261 g/mol. The van der Waals surface area contributed by atoms with E-state index in [1.165, 1.54) is 24.8 Å². The molecule has 0 heterocycles. The molecule has 19 heavy (non-hydrogen) atoms. The highest BCUT2D eigenvalue weighted by Gasteiger charge is 2.31. The van der Waals surface area contributed by atoms with Crippen molar-refractivity contribution in [1.82, 2.24) is 5.32 Å². The second-order valence-electron chi connectivity index (χ2n) is 6.12. The van der Waals surface area contributed by atoms with Gasteiger partial charge in [-0.25, -0.2) is 0 Å². The molecule has 0 amide bonds. The van der Waals surface area contributed by atoms with Crippen molar-refractivity contribution in [1.29, 1.82) is 0 Å². The zero-order valence-electron chi connectivity index (χ0n) is 13.4. The summed E-state index contributed by atoms with van der Waals surface area (Å²) in [5.41, 5.74) is 1.62. The molecule has 1 rings (SSSR count). The first-order valence-corrected chi connectivity index (χ1v) is 7.85. The van der Waals surface area contributed by atoms with Gasteiger partial charge in [0, 0.05) is 11.5 Å². The molecule has 0 aliphatic carbocycles. The van der Waals surface area contributed by atoms with Crippen LogP contribution >= 0.6 is 0 Å². The Labute approximate surface area is 119 Å². The lowest BCUT2D eigenvalue weighted by Crippen LogP contribution is -2.45. The molecule has 0 saturated heterocycles. The van der Waals surface area contributed by atoms with E-state index in [1.54, 1.807) is 0 Å². The molecular formula is C18H31N. The van der Waals surface area contributed by atoms with Crippen LogP contribution in [0.3, 0.4) is 0 Å². The minimum absolute atomic E-state index is 0.180. The molecule has 0 fully saturated rings. The van der Waals surface area contributed by atoms with Gasteiger partial charge in [0.25, 0.3) is 0 Å². The maximum atomic E-state index is 3.72. The van der Waals surface area contributed by atoms with E-state index in [1.807, 2.05) is 0 Å². The largest absolute Gasteiger partial charge is 0.313 e. The maximum Gasteiger partial charge on any atom is 0.0161 e. The molecule has 0 aliphatic rings. The molecule has 1 aromatic rings. The molecular weight excluding hydrogens is 230 g/mol. The number of hydrogen-bond donors (Lipinski definition) is 1. The summed E-state index contributed by atoms with van der Waals surface area (Å²) in [4.78, 5) is 0. The van der Waals surface area contributed by atoms with Crippen LogP contribution in [0.25, 0.3) is 0 Å². The van der Waals surface area contributed by atoms with Gasteiger partial charge in [-0.3, -0.25) is 0 Å². The summed E-state index contributed by atoms with van der Waals surface area (Å²) >= 11 is 0. The summed E-state index contributed by atoms with van der Waals surface area (Å²) in [6.45, 7) is 12.6. The molecule has 1 N–H and O–H groups in total. The summed E-state index contributed by atoms with van der Waals surface area (Å²) in [5, 5.41) is 3.72. The van der Waals surface area contributed by atoms with E-state index in [0.29, 0.717) is 6.04 Å². The smallest absolute Gasteiger partial charge is 0.0161 e. The molecule has 1 nitrogen and oxygen atoms in total. The van der Waals surface area contributed by atoms with Crippen LogP contribution in [0.5, 0.6) is 0 Å². The molecule has 0 saturated carbocycles. The number of rotatable bonds is 8. The highest BCUT2D eigenvalue weighted by molar-refractivity contribution is 5.25. The molecule has 1 atom stereocenters. The van der Waals surface area contributed by atoms with E-state index in [4.69, 9.17) is 0 Å².